The lowest BCUT2D eigenvalue weighted by Gasteiger charge is -2.45. The summed E-state index contributed by atoms with van der Waals surface area (Å²) >= 11 is 0. The molecule has 2 N–H and O–H groups in total. The number of hydrogen-bond acceptors (Lipinski definition) is 8. The number of fused-ring (bicyclic) bond motifs is 2. The van der Waals surface area contributed by atoms with E-state index in [4.69, 9.17) is 4.74 Å². The van der Waals surface area contributed by atoms with E-state index >= 15 is 0 Å². The number of ether oxygens (including phenoxy) is 1. The van der Waals surface area contributed by atoms with Gasteiger partial charge in [-0.3, -0.25) is 0 Å². The first-order valence-electron chi connectivity index (χ1n) is 12.4. The topological polar surface area (TPSA) is 96.3 Å². The number of pyridine rings is 1. The van der Waals surface area contributed by atoms with Crippen molar-refractivity contribution in [3.05, 3.63) is 42.5 Å². The van der Waals surface area contributed by atoms with Crippen LogP contribution in [0.1, 0.15) is 44.9 Å². The summed E-state index contributed by atoms with van der Waals surface area (Å²) in [6.07, 6.45) is 10.3. The van der Waals surface area contributed by atoms with E-state index in [0.717, 1.165) is 18.7 Å². The number of nitrogens with one attached hydrogen (secondary N) is 1. The number of methoxy groups -OCH3 is 1. The second-order valence-corrected chi connectivity index (χ2v) is 9.85. The highest BCUT2D eigenvalue weighted by molar-refractivity contribution is 5.73. The highest BCUT2D eigenvalue weighted by atomic mass is 19.1. The minimum absolute atomic E-state index is 0.00142. The molecule has 0 spiro atoms. The maximum absolute atomic E-state index is 13.8. The lowest BCUT2D eigenvalue weighted by molar-refractivity contribution is 0.215. The van der Waals surface area contributed by atoms with Gasteiger partial charge in [-0.2, -0.15) is 9.37 Å². The first-order chi connectivity index (χ1) is 17.1. The Labute approximate surface area is 203 Å². The molecule has 3 aromatic rings. The molecular formula is C26H29FN6O2. The first kappa shape index (κ1) is 22.2. The van der Waals surface area contributed by atoms with Crippen molar-refractivity contribution in [1.29, 1.82) is 0 Å². The summed E-state index contributed by atoms with van der Waals surface area (Å²) in [5, 5.41) is 23.4. The van der Waals surface area contributed by atoms with Gasteiger partial charge in [0.2, 0.25) is 11.8 Å². The van der Waals surface area contributed by atoms with E-state index in [1.165, 1.54) is 45.3 Å². The van der Waals surface area contributed by atoms with Gasteiger partial charge in [0.05, 0.1) is 18.9 Å². The molecule has 2 saturated heterocycles. The molecule has 0 amide bonds. The first-order valence-corrected chi connectivity index (χ1v) is 12.4. The molecule has 1 aliphatic carbocycles. The van der Waals surface area contributed by atoms with Crippen molar-refractivity contribution in [3.8, 4) is 34.1 Å². The number of anilines is 1. The maximum Gasteiger partial charge on any atom is 0.216 e. The van der Waals surface area contributed by atoms with E-state index in [1.54, 1.807) is 30.5 Å². The van der Waals surface area contributed by atoms with Crippen LogP contribution in [0.5, 0.6) is 11.6 Å². The van der Waals surface area contributed by atoms with Gasteiger partial charge in [-0.25, -0.2) is 4.98 Å². The van der Waals surface area contributed by atoms with Gasteiger partial charge in [0.25, 0.3) is 0 Å². The number of piperidine rings is 2. The lowest BCUT2D eigenvalue weighted by atomic mass is 9.83. The number of aromatic hydroxyl groups is 1. The second kappa shape index (κ2) is 9.03. The molecule has 2 aliphatic heterocycles. The Morgan fingerprint density at radius 2 is 1.80 bits per heavy atom. The van der Waals surface area contributed by atoms with E-state index in [9.17, 15) is 9.50 Å². The molecule has 9 heteroatoms. The molecule has 6 rings (SSSR count). The molecule has 3 aliphatic rings. The summed E-state index contributed by atoms with van der Waals surface area (Å²) in [4.78, 5) is 10.7. The fourth-order valence-electron chi connectivity index (χ4n) is 5.64. The third kappa shape index (κ3) is 4.52. The average molecular weight is 477 g/mol. The fourth-order valence-corrected chi connectivity index (χ4v) is 5.64. The molecule has 2 aromatic heterocycles. The zero-order chi connectivity index (χ0) is 23.9. The summed E-state index contributed by atoms with van der Waals surface area (Å²) in [5.74, 6) is 0.692. The highest BCUT2D eigenvalue weighted by Crippen LogP contribution is 2.38. The SMILES string of the molecule is COc1cc(-c2ccc(-c3ncc(N(C4CC4)C4C[C@H]5CCC[C@@H](C4)N5)nn3)c(O)c2)cc(F)n1. The number of phenols is 1. The molecule has 4 heterocycles. The van der Waals surface area contributed by atoms with E-state index in [2.05, 4.69) is 30.4 Å². The largest absolute Gasteiger partial charge is 0.507 e. The summed E-state index contributed by atoms with van der Waals surface area (Å²) in [6, 6.07) is 10.2. The van der Waals surface area contributed by atoms with Gasteiger partial charge >= 0.3 is 0 Å². The van der Waals surface area contributed by atoms with Crippen molar-refractivity contribution in [1.82, 2.24) is 25.5 Å². The predicted molar refractivity (Wildman–Crippen MR) is 130 cm³/mol. The van der Waals surface area contributed by atoms with Crippen LogP contribution in [-0.2, 0) is 0 Å². The molecule has 1 unspecified atom stereocenters. The van der Waals surface area contributed by atoms with Crippen molar-refractivity contribution in [2.45, 2.75) is 69.1 Å². The predicted octanol–water partition coefficient (Wildman–Crippen LogP) is 4.10. The number of hydrogen-bond donors (Lipinski definition) is 2. The number of benzene rings is 1. The molecule has 182 valence electrons. The van der Waals surface area contributed by atoms with E-state index in [-0.39, 0.29) is 11.6 Å². The zero-order valence-corrected chi connectivity index (χ0v) is 19.7. The Bertz CT molecular complexity index is 1210. The standard InChI is InChI=1S/C26H29FN6O2/c1-35-25-11-16(10-23(27)30-25)15-5-8-21(22(34)9-15)26-28-14-24(31-32-26)33(19-6-7-19)20-12-17-3-2-4-18(13-20)29-17/h5,8-11,14,17-20,29,34H,2-4,6-7,12-13H2,1H3/t17-,18+,20?. The van der Waals surface area contributed by atoms with Crippen LogP contribution in [0.3, 0.4) is 0 Å². The minimum atomic E-state index is -0.649. The van der Waals surface area contributed by atoms with Crippen molar-refractivity contribution in [3.63, 3.8) is 0 Å². The van der Waals surface area contributed by atoms with Crippen LogP contribution in [0.4, 0.5) is 10.2 Å². The zero-order valence-electron chi connectivity index (χ0n) is 19.7. The van der Waals surface area contributed by atoms with Gasteiger partial charge in [0.15, 0.2) is 11.6 Å². The molecule has 1 aromatic carbocycles. The second-order valence-electron chi connectivity index (χ2n) is 9.85. The third-order valence-electron chi connectivity index (χ3n) is 7.39. The summed E-state index contributed by atoms with van der Waals surface area (Å²) in [6.45, 7) is 0. The smallest absolute Gasteiger partial charge is 0.216 e. The van der Waals surface area contributed by atoms with Crippen LogP contribution in [0, 0.1) is 5.95 Å². The fraction of sp³-hybridized carbons (Fsp3) is 0.462. The van der Waals surface area contributed by atoms with E-state index < -0.39 is 5.95 Å². The number of phenolic OH excluding ortho intramolecular Hbond substituents is 1. The molecule has 8 nitrogen and oxygen atoms in total. The molecule has 3 atom stereocenters. The van der Waals surface area contributed by atoms with Crippen molar-refractivity contribution < 1.29 is 14.2 Å². The van der Waals surface area contributed by atoms with E-state index in [0.29, 0.717) is 46.7 Å². The molecule has 3 fully saturated rings. The summed E-state index contributed by atoms with van der Waals surface area (Å²) in [7, 11) is 1.43. The molecular weight excluding hydrogens is 447 g/mol. The van der Waals surface area contributed by atoms with E-state index in [1.807, 2.05) is 0 Å². The average Bonchev–Trinajstić information content (AvgIpc) is 3.69. The molecule has 35 heavy (non-hydrogen) atoms. The van der Waals surface area contributed by atoms with Gasteiger partial charge in [-0.15, -0.1) is 10.2 Å². The third-order valence-corrected chi connectivity index (χ3v) is 7.39. The Kier molecular flexibility index (Phi) is 5.72. The Morgan fingerprint density at radius 1 is 1.00 bits per heavy atom. The Balaban J connectivity index is 1.24. The minimum Gasteiger partial charge on any atom is -0.507 e. The molecule has 2 bridgehead atoms. The highest BCUT2D eigenvalue weighted by Gasteiger charge is 2.40. The number of aromatic nitrogens is 4. The number of halogens is 1. The van der Waals surface area contributed by atoms with Crippen molar-refractivity contribution in [2.75, 3.05) is 12.0 Å². The van der Waals surface area contributed by atoms with Crippen molar-refractivity contribution >= 4 is 5.82 Å². The number of nitrogens with zero attached hydrogens (tertiary/aromatic N) is 5. The summed E-state index contributed by atoms with van der Waals surface area (Å²) < 4.78 is 18.9. The molecule has 0 radical (unpaired) electrons. The van der Waals surface area contributed by atoms with Crippen LogP contribution in [0.15, 0.2) is 36.5 Å². The van der Waals surface area contributed by atoms with Crippen LogP contribution >= 0.6 is 0 Å². The normalized spacial score (nSPS) is 23.7. The lowest BCUT2D eigenvalue weighted by Crippen LogP contribution is -2.55. The quantitative estimate of drug-likeness (QED) is 0.514. The Hall–Kier alpha value is -3.33. The van der Waals surface area contributed by atoms with Gasteiger partial charge < -0.3 is 20.1 Å². The summed E-state index contributed by atoms with van der Waals surface area (Å²) in [5.41, 5.74) is 1.66. The maximum atomic E-state index is 13.8. The number of rotatable bonds is 6. The monoisotopic (exact) mass is 476 g/mol. The van der Waals surface area contributed by atoms with Gasteiger partial charge in [0.1, 0.15) is 5.75 Å². The van der Waals surface area contributed by atoms with Gasteiger partial charge in [-0.05, 0) is 61.8 Å². The molecule has 1 saturated carbocycles. The van der Waals surface area contributed by atoms with Crippen LogP contribution < -0.4 is 15.0 Å². The van der Waals surface area contributed by atoms with Gasteiger partial charge in [0, 0.05) is 36.3 Å². The van der Waals surface area contributed by atoms with Crippen LogP contribution in [0.25, 0.3) is 22.5 Å². The van der Waals surface area contributed by atoms with Gasteiger partial charge in [-0.1, -0.05) is 12.5 Å². The Morgan fingerprint density at radius 3 is 2.46 bits per heavy atom. The van der Waals surface area contributed by atoms with Crippen LogP contribution in [-0.4, -0.2) is 56.5 Å². The van der Waals surface area contributed by atoms with Crippen molar-refractivity contribution in [2.24, 2.45) is 0 Å². The van der Waals surface area contributed by atoms with Crippen LogP contribution in [0.2, 0.25) is 0 Å².